The lowest BCUT2D eigenvalue weighted by Crippen LogP contribution is -1.95. The number of pyridine rings is 1. The highest BCUT2D eigenvalue weighted by molar-refractivity contribution is 5.95. The summed E-state index contributed by atoms with van der Waals surface area (Å²) in [5.74, 6) is 0.939. The van der Waals surface area contributed by atoms with Crippen LogP contribution in [0.25, 0.3) is 44.6 Å². The number of hydrogen-bond acceptors (Lipinski definition) is 2. The van der Waals surface area contributed by atoms with Crippen LogP contribution >= 0.6 is 0 Å². The molecule has 0 unspecified atom stereocenters. The molecule has 26 heavy (non-hydrogen) atoms. The van der Waals surface area contributed by atoms with Gasteiger partial charge in [0.25, 0.3) is 0 Å². The van der Waals surface area contributed by atoms with Crippen molar-refractivity contribution in [3.63, 3.8) is 0 Å². The molecule has 0 bridgehead atoms. The monoisotopic (exact) mass is 335 g/mol. The Hall–Kier alpha value is -3.46. The second-order valence-electron chi connectivity index (χ2n) is 6.42. The summed E-state index contributed by atoms with van der Waals surface area (Å²) in [6.45, 7) is 0. The number of rotatable bonds is 2. The molecule has 0 radical (unpaired) electrons. The maximum atomic E-state index is 4.98. The molecule has 0 atom stereocenters. The van der Waals surface area contributed by atoms with Gasteiger partial charge in [0.15, 0.2) is 0 Å². The average molecular weight is 335 g/mol. The Morgan fingerprint density at radius 3 is 2.35 bits per heavy atom. The van der Waals surface area contributed by atoms with Crippen LogP contribution in [-0.4, -0.2) is 14.5 Å². The van der Waals surface area contributed by atoms with E-state index in [0.29, 0.717) is 0 Å². The number of aryl methyl sites for hydroxylation is 1. The summed E-state index contributed by atoms with van der Waals surface area (Å²) in [6.07, 6.45) is 0. The van der Waals surface area contributed by atoms with Crippen LogP contribution in [0, 0.1) is 0 Å². The van der Waals surface area contributed by atoms with E-state index in [-0.39, 0.29) is 0 Å². The second-order valence-corrected chi connectivity index (χ2v) is 6.42. The zero-order valence-electron chi connectivity index (χ0n) is 14.4. The van der Waals surface area contributed by atoms with Gasteiger partial charge in [-0.2, -0.15) is 0 Å². The number of benzene rings is 3. The summed E-state index contributed by atoms with van der Waals surface area (Å²) < 4.78 is 2.14. The Morgan fingerprint density at radius 1 is 0.692 bits per heavy atom. The number of fused-ring (bicyclic) bond motifs is 2. The highest BCUT2D eigenvalue weighted by atomic mass is 15.1. The molecule has 124 valence electrons. The number of aromatic nitrogens is 3. The Kier molecular flexibility index (Phi) is 3.32. The molecular weight excluding hydrogens is 318 g/mol. The molecule has 5 aromatic rings. The minimum Gasteiger partial charge on any atom is -0.327 e. The molecule has 3 aromatic carbocycles. The third kappa shape index (κ3) is 2.29. The maximum absolute atomic E-state index is 4.98. The van der Waals surface area contributed by atoms with Crippen molar-refractivity contribution >= 4 is 21.9 Å². The molecule has 0 spiro atoms. The van der Waals surface area contributed by atoms with Crippen LogP contribution in [0.5, 0.6) is 0 Å². The minimum atomic E-state index is 0.939. The van der Waals surface area contributed by atoms with Gasteiger partial charge in [-0.25, -0.2) is 9.97 Å². The fourth-order valence-corrected chi connectivity index (χ4v) is 3.48. The van der Waals surface area contributed by atoms with Crippen molar-refractivity contribution in [2.24, 2.45) is 7.05 Å². The molecule has 0 fully saturated rings. The normalized spacial score (nSPS) is 11.3. The van der Waals surface area contributed by atoms with Crippen molar-refractivity contribution < 1.29 is 0 Å². The molecule has 0 saturated carbocycles. The van der Waals surface area contributed by atoms with Crippen molar-refractivity contribution in [1.29, 1.82) is 0 Å². The molecule has 2 aromatic heterocycles. The smallest absolute Gasteiger partial charge is 0.143 e. The highest BCUT2D eigenvalue weighted by Crippen LogP contribution is 2.30. The Labute approximate surface area is 151 Å². The van der Waals surface area contributed by atoms with Gasteiger partial charge < -0.3 is 4.57 Å². The van der Waals surface area contributed by atoms with E-state index in [4.69, 9.17) is 9.97 Å². The lowest BCUT2D eigenvalue weighted by molar-refractivity contribution is 0.960. The zero-order chi connectivity index (χ0) is 17.5. The quantitative estimate of drug-likeness (QED) is 0.429. The lowest BCUT2D eigenvalue weighted by Gasteiger charge is -2.08. The van der Waals surface area contributed by atoms with Gasteiger partial charge in [-0.1, -0.05) is 60.7 Å². The van der Waals surface area contributed by atoms with Crippen molar-refractivity contribution in [1.82, 2.24) is 14.5 Å². The largest absolute Gasteiger partial charge is 0.327 e. The highest BCUT2D eigenvalue weighted by Gasteiger charge is 2.13. The molecule has 0 amide bonds. The van der Waals surface area contributed by atoms with Crippen molar-refractivity contribution in [2.75, 3.05) is 0 Å². The second kappa shape index (κ2) is 5.81. The van der Waals surface area contributed by atoms with Gasteiger partial charge in [0.2, 0.25) is 0 Å². The van der Waals surface area contributed by atoms with E-state index in [1.165, 1.54) is 0 Å². The molecule has 5 rings (SSSR count). The van der Waals surface area contributed by atoms with Crippen molar-refractivity contribution in [3.8, 4) is 22.6 Å². The third-order valence-electron chi connectivity index (χ3n) is 4.82. The first-order valence-corrected chi connectivity index (χ1v) is 8.68. The Balaban J connectivity index is 1.78. The molecule has 0 aliphatic heterocycles. The van der Waals surface area contributed by atoms with Gasteiger partial charge in [-0.3, -0.25) is 0 Å². The summed E-state index contributed by atoms with van der Waals surface area (Å²) in [4.78, 5) is 9.84. The van der Waals surface area contributed by atoms with Crippen molar-refractivity contribution in [3.05, 3.63) is 84.9 Å². The fourth-order valence-electron chi connectivity index (χ4n) is 3.48. The molecule has 0 N–H and O–H groups in total. The van der Waals surface area contributed by atoms with Crippen LogP contribution in [0.1, 0.15) is 0 Å². The van der Waals surface area contributed by atoms with E-state index >= 15 is 0 Å². The molecule has 3 nitrogen and oxygen atoms in total. The topological polar surface area (TPSA) is 30.7 Å². The van der Waals surface area contributed by atoms with Crippen LogP contribution in [0.4, 0.5) is 0 Å². The summed E-state index contributed by atoms with van der Waals surface area (Å²) in [6, 6.07) is 29.0. The molecule has 3 heteroatoms. The van der Waals surface area contributed by atoms with Gasteiger partial charge in [0, 0.05) is 23.6 Å². The van der Waals surface area contributed by atoms with E-state index in [9.17, 15) is 0 Å². The summed E-state index contributed by atoms with van der Waals surface area (Å²) in [7, 11) is 2.06. The first-order valence-electron chi connectivity index (χ1n) is 8.68. The van der Waals surface area contributed by atoms with E-state index in [0.717, 1.165) is 44.6 Å². The van der Waals surface area contributed by atoms with E-state index in [2.05, 4.69) is 60.1 Å². The van der Waals surface area contributed by atoms with E-state index in [1.54, 1.807) is 0 Å². The zero-order valence-corrected chi connectivity index (χ0v) is 14.4. The number of para-hydroxylation sites is 3. The van der Waals surface area contributed by atoms with Crippen LogP contribution in [0.3, 0.4) is 0 Å². The number of imidazole rings is 1. The summed E-state index contributed by atoms with van der Waals surface area (Å²) >= 11 is 0. The fraction of sp³-hybridized carbons (Fsp3) is 0.0435. The Morgan fingerprint density at radius 2 is 1.50 bits per heavy atom. The number of nitrogens with zero attached hydrogens (tertiary/aromatic N) is 3. The lowest BCUT2D eigenvalue weighted by atomic mass is 10.1. The average Bonchev–Trinajstić information content (AvgIpc) is 3.04. The van der Waals surface area contributed by atoms with E-state index < -0.39 is 0 Å². The van der Waals surface area contributed by atoms with Crippen LogP contribution in [-0.2, 0) is 7.05 Å². The Bertz CT molecular complexity index is 1240. The first kappa shape index (κ1) is 14.8. The van der Waals surface area contributed by atoms with Gasteiger partial charge in [0.05, 0.1) is 22.2 Å². The van der Waals surface area contributed by atoms with Crippen LogP contribution < -0.4 is 0 Å². The SMILES string of the molecule is Cn1c(-c2cccc3ccc(-c4ccccc4)nc23)nc2ccccc21. The maximum Gasteiger partial charge on any atom is 0.143 e. The third-order valence-corrected chi connectivity index (χ3v) is 4.82. The molecule has 0 aliphatic carbocycles. The van der Waals surface area contributed by atoms with Crippen LogP contribution in [0.2, 0.25) is 0 Å². The van der Waals surface area contributed by atoms with Gasteiger partial charge in [-0.15, -0.1) is 0 Å². The van der Waals surface area contributed by atoms with Gasteiger partial charge in [0.1, 0.15) is 5.82 Å². The first-order chi connectivity index (χ1) is 12.8. The predicted octanol–water partition coefficient (Wildman–Crippen LogP) is 5.46. The summed E-state index contributed by atoms with van der Waals surface area (Å²) in [5.41, 5.74) is 6.25. The van der Waals surface area contributed by atoms with Crippen molar-refractivity contribution in [2.45, 2.75) is 0 Å². The van der Waals surface area contributed by atoms with Crippen LogP contribution in [0.15, 0.2) is 84.9 Å². The molecule has 2 heterocycles. The standard InChI is InChI=1S/C23H17N3/c1-26-21-13-6-5-12-20(21)25-23(26)18-11-7-10-17-14-15-19(24-22(17)18)16-8-3-2-4-9-16/h2-15H,1H3. The molecular formula is C23H17N3. The van der Waals surface area contributed by atoms with E-state index in [1.807, 2.05) is 36.4 Å². The number of hydrogen-bond donors (Lipinski definition) is 0. The van der Waals surface area contributed by atoms with Gasteiger partial charge >= 0.3 is 0 Å². The van der Waals surface area contributed by atoms with Gasteiger partial charge in [-0.05, 0) is 24.3 Å². The minimum absolute atomic E-state index is 0.939. The molecule has 0 saturated heterocycles. The summed E-state index contributed by atoms with van der Waals surface area (Å²) in [5, 5.41) is 1.12. The molecule has 0 aliphatic rings. The predicted molar refractivity (Wildman–Crippen MR) is 107 cm³/mol.